The van der Waals surface area contributed by atoms with Crippen LogP contribution in [0.25, 0.3) is 11.3 Å². The Hall–Kier alpha value is -2.22. The molecule has 0 radical (unpaired) electrons. The number of hydrogen-bond acceptors (Lipinski definition) is 6. The molecule has 0 aliphatic heterocycles. The van der Waals surface area contributed by atoms with Crippen molar-refractivity contribution in [2.45, 2.75) is 58.1 Å². The van der Waals surface area contributed by atoms with E-state index >= 15 is 0 Å². The highest BCUT2D eigenvalue weighted by atomic mass is 35.5. The smallest absolute Gasteiger partial charge is 0.411 e. The average Bonchev–Trinajstić information content (AvgIpc) is 3.09. The van der Waals surface area contributed by atoms with E-state index in [1.54, 1.807) is 33.8 Å². The summed E-state index contributed by atoms with van der Waals surface area (Å²) in [5.74, 6) is -0.466. The molecule has 1 aromatic carbocycles. The molecule has 1 aliphatic rings. The fourth-order valence-corrected chi connectivity index (χ4v) is 4.94. The highest BCUT2D eigenvalue weighted by Crippen LogP contribution is 2.51. The normalized spacial score (nSPS) is 14.8. The Balaban J connectivity index is 2.22. The number of nitrogens with zero attached hydrogens (tertiary/aromatic N) is 2. The fraction of sp³-hybridized carbons (Fsp3) is 0.458. The van der Waals surface area contributed by atoms with Crippen molar-refractivity contribution in [1.29, 1.82) is 0 Å². The first-order valence-electron chi connectivity index (χ1n) is 10.9. The van der Waals surface area contributed by atoms with Gasteiger partial charge >= 0.3 is 12.1 Å². The van der Waals surface area contributed by atoms with Crippen molar-refractivity contribution in [3.8, 4) is 11.3 Å². The summed E-state index contributed by atoms with van der Waals surface area (Å²) in [6.07, 6.45) is 2.91. The number of carbonyl (C=O) groups is 2. The third-order valence-corrected chi connectivity index (χ3v) is 6.28. The van der Waals surface area contributed by atoms with E-state index in [0.717, 1.165) is 6.42 Å². The van der Waals surface area contributed by atoms with Gasteiger partial charge in [0, 0.05) is 17.1 Å². The van der Waals surface area contributed by atoms with Gasteiger partial charge in [-0.05, 0) is 59.1 Å². The summed E-state index contributed by atoms with van der Waals surface area (Å²) in [6.45, 7) is 11.1. The van der Waals surface area contributed by atoms with Gasteiger partial charge in [0.1, 0.15) is 22.4 Å². The van der Waals surface area contributed by atoms with E-state index in [4.69, 9.17) is 48.8 Å². The third kappa shape index (κ3) is 5.07. The molecular weight excluding hydrogens is 503 g/mol. The minimum Gasteiger partial charge on any atom is -0.462 e. The Morgan fingerprint density at radius 3 is 2.32 bits per heavy atom. The van der Waals surface area contributed by atoms with Gasteiger partial charge in [-0.25, -0.2) is 9.59 Å². The average molecular weight is 530 g/mol. The molecule has 1 amide bonds. The van der Waals surface area contributed by atoms with Crippen molar-refractivity contribution in [2.75, 3.05) is 13.2 Å². The molecule has 7 nitrogen and oxygen atoms in total. The number of ether oxygens (including phenoxy) is 2. The fourth-order valence-electron chi connectivity index (χ4n) is 3.94. The van der Waals surface area contributed by atoms with Crippen molar-refractivity contribution >= 4 is 46.9 Å². The summed E-state index contributed by atoms with van der Waals surface area (Å²) in [5, 5.41) is 4.89. The van der Waals surface area contributed by atoms with Crippen LogP contribution in [0.2, 0.25) is 15.1 Å². The SMILES string of the molecule is C=CCN(C(=O)OC(C)(C)C)C1(c2onc(-c3c(Cl)cc(Cl)cc3Cl)c2C(=O)OCC)CCC1. The maximum atomic E-state index is 13.2. The lowest BCUT2D eigenvalue weighted by molar-refractivity contribution is -0.0356. The summed E-state index contributed by atoms with van der Waals surface area (Å²) >= 11 is 18.9. The molecule has 1 heterocycles. The van der Waals surface area contributed by atoms with Crippen molar-refractivity contribution in [3.63, 3.8) is 0 Å². The molecule has 0 N–H and O–H groups in total. The first-order chi connectivity index (χ1) is 15.9. The van der Waals surface area contributed by atoms with E-state index in [-0.39, 0.29) is 45.8 Å². The summed E-state index contributed by atoms with van der Waals surface area (Å²) in [7, 11) is 0. The standard InChI is InChI=1S/C24H27Cl3N2O5/c1-6-11-29(22(31)33-23(3,4)5)24(9-8-10-24)20-18(21(30)32-7-2)19(28-34-20)17-15(26)12-14(25)13-16(17)27/h6,12-13H,1,7-11H2,2-5H3. The Kier molecular flexibility index (Phi) is 7.90. The topological polar surface area (TPSA) is 81.9 Å². The van der Waals surface area contributed by atoms with E-state index < -0.39 is 23.2 Å². The number of hydrogen-bond donors (Lipinski definition) is 0. The minimum absolute atomic E-state index is 0.0605. The second-order valence-electron chi connectivity index (χ2n) is 8.96. The maximum absolute atomic E-state index is 13.2. The molecule has 0 spiro atoms. The Labute approximate surface area is 213 Å². The van der Waals surface area contributed by atoms with Crippen LogP contribution in [-0.4, -0.2) is 40.9 Å². The molecule has 10 heteroatoms. The predicted molar refractivity (Wildman–Crippen MR) is 132 cm³/mol. The van der Waals surface area contributed by atoms with Crippen LogP contribution in [0.4, 0.5) is 4.79 Å². The summed E-state index contributed by atoms with van der Waals surface area (Å²) < 4.78 is 16.8. The number of halogens is 3. The molecule has 0 saturated heterocycles. The molecule has 2 aromatic rings. The maximum Gasteiger partial charge on any atom is 0.411 e. The quantitative estimate of drug-likeness (QED) is 0.277. The predicted octanol–water partition coefficient (Wildman–Crippen LogP) is 7.28. The van der Waals surface area contributed by atoms with Crippen LogP contribution in [0.15, 0.2) is 29.3 Å². The van der Waals surface area contributed by atoms with Gasteiger partial charge < -0.3 is 14.0 Å². The molecule has 1 fully saturated rings. The van der Waals surface area contributed by atoms with E-state index in [9.17, 15) is 9.59 Å². The summed E-state index contributed by atoms with van der Waals surface area (Å²) in [5.41, 5.74) is -1.23. The van der Waals surface area contributed by atoms with E-state index in [1.807, 2.05) is 0 Å². The third-order valence-electron chi connectivity index (χ3n) is 5.46. The van der Waals surface area contributed by atoms with Crippen LogP contribution >= 0.6 is 34.8 Å². The molecule has 184 valence electrons. The van der Waals surface area contributed by atoms with Crippen molar-refractivity contribution < 1.29 is 23.6 Å². The van der Waals surface area contributed by atoms with Gasteiger partial charge in [0.05, 0.1) is 16.7 Å². The second-order valence-corrected chi connectivity index (χ2v) is 10.2. The number of amides is 1. The number of aromatic nitrogens is 1. The number of rotatable bonds is 7. The number of carbonyl (C=O) groups excluding carboxylic acids is 2. The monoisotopic (exact) mass is 528 g/mol. The van der Waals surface area contributed by atoms with Gasteiger partial charge in [0.25, 0.3) is 0 Å². The molecule has 34 heavy (non-hydrogen) atoms. The lowest BCUT2D eigenvalue weighted by Gasteiger charge is -2.48. The molecule has 1 saturated carbocycles. The first kappa shape index (κ1) is 26.4. The van der Waals surface area contributed by atoms with E-state index in [0.29, 0.717) is 17.9 Å². The first-order valence-corrected chi connectivity index (χ1v) is 12.0. The Morgan fingerprint density at radius 2 is 1.85 bits per heavy atom. The van der Waals surface area contributed by atoms with Crippen molar-refractivity contribution in [2.24, 2.45) is 0 Å². The molecular formula is C24H27Cl3N2O5. The molecule has 3 rings (SSSR count). The van der Waals surface area contributed by atoms with Crippen molar-refractivity contribution in [3.05, 3.63) is 51.2 Å². The molecule has 1 aromatic heterocycles. The van der Waals surface area contributed by atoms with Gasteiger partial charge in [0.2, 0.25) is 0 Å². The zero-order chi connectivity index (χ0) is 25.3. The zero-order valence-corrected chi connectivity index (χ0v) is 21.8. The van der Waals surface area contributed by atoms with Gasteiger partial charge in [0.15, 0.2) is 5.76 Å². The highest BCUT2D eigenvalue weighted by molar-refractivity contribution is 6.42. The van der Waals surface area contributed by atoms with Gasteiger partial charge in [-0.3, -0.25) is 4.90 Å². The largest absolute Gasteiger partial charge is 0.462 e. The summed E-state index contributed by atoms with van der Waals surface area (Å²) in [4.78, 5) is 27.9. The van der Waals surface area contributed by atoms with E-state index in [1.165, 1.54) is 17.0 Å². The van der Waals surface area contributed by atoms with Gasteiger partial charge in [-0.1, -0.05) is 46.0 Å². The van der Waals surface area contributed by atoms with Crippen LogP contribution in [0.1, 0.15) is 63.1 Å². The Bertz CT molecular complexity index is 1080. The lowest BCUT2D eigenvalue weighted by atomic mass is 9.72. The molecule has 1 aliphatic carbocycles. The summed E-state index contributed by atoms with van der Waals surface area (Å²) in [6, 6.07) is 2.99. The molecule has 0 unspecified atom stereocenters. The molecule has 0 atom stereocenters. The van der Waals surface area contributed by atoms with Crippen LogP contribution in [0, 0.1) is 0 Å². The highest BCUT2D eigenvalue weighted by Gasteiger charge is 2.53. The van der Waals surface area contributed by atoms with Crippen LogP contribution in [0.3, 0.4) is 0 Å². The van der Waals surface area contributed by atoms with Crippen LogP contribution in [0.5, 0.6) is 0 Å². The number of esters is 1. The van der Waals surface area contributed by atoms with E-state index in [2.05, 4.69) is 11.7 Å². The van der Waals surface area contributed by atoms with Gasteiger partial charge in [-0.15, -0.1) is 6.58 Å². The van der Waals surface area contributed by atoms with Crippen LogP contribution in [-0.2, 0) is 15.0 Å². The zero-order valence-electron chi connectivity index (χ0n) is 19.5. The molecule has 0 bridgehead atoms. The lowest BCUT2D eigenvalue weighted by Crippen LogP contribution is -2.55. The second kappa shape index (κ2) is 10.2. The van der Waals surface area contributed by atoms with Gasteiger partial charge in [-0.2, -0.15) is 0 Å². The number of benzene rings is 1. The van der Waals surface area contributed by atoms with Crippen molar-refractivity contribution in [1.82, 2.24) is 10.1 Å². The van der Waals surface area contributed by atoms with Crippen LogP contribution < -0.4 is 0 Å². The Morgan fingerprint density at radius 1 is 1.24 bits per heavy atom. The minimum atomic E-state index is -0.977.